The number of carbonyl (C=O) groups is 1. The van der Waals surface area contributed by atoms with Gasteiger partial charge in [-0.1, -0.05) is 6.92 Å². The van der Waals surface area contributed by atoms with Crippen molar-refractivity contribution in [3.8, 4) is 11.5 Å². The Morgan fingerprint density at radius 2 is 1.66 bits per heavy atom. The van der Waals surface area contributed by atoms with Crippen molar-refractivity contribution in [2.24, 2.45) is 4.99 Å². The quantitative estimate of drug-likeness (QED) is 0.494. The van der Waals surface area contributed by atoms with E-state index < -0.39 is 23.4 Å². The summed E-state index contributed by atoms with van der Waals surface area (Å²) in [4.78, 5) is 28.3. The second-order valence-corrected chi connectivity index (χ2v) is 9.56. The number of anilines is 1. The summed E-state index contributed by atoms with van der Waals surface area (Å²) in [7, 11) is 4.12. The van der Waals surface area contributed by atoms with Crippen LogP contribution in [0.4, 0.5) is 25.1 Å². The SMILES string of the molecule is C=Nc1[nH]c(CCN2CCN(CC)CC2)cc1C1=C(C)CN(c2c(F)c(OC)cc(OC)c2F)C(=O)N1C. The van der Waals surface area contributed by atoms with Gasteiger partial charge in [0.1, 0.15) is 11.5 Å². The largest absolute Gasteiger partial charge is 0.493 e. The Kier molecular flexibility index (Phi) is 8.37. The van der Waals surface area contributed by atoms with Crippen LogP contribution < -0.4 is 14.4 Å². The fourth-order valence-corrected chi connectivity index (χ4v) is 5.18. The number of nitrogens with zero attached hydrogens (tertiary/aromatic N) is 5. The minimum atomic E-state index is -0.971. The Hall–Kier alpha value is -3.44. The van der Waals surface area contributed by atoms with E-state index in [9.17, 15) is 4.79 Å². The molecule has 4 rings (SSSR count). The number of hydrogen-bond donors (Lipinski definition) is 1. The van der Waals surface area contributed by atoms with E-state index in [1.54, 1.807) is 7.05 Å². The number of hydrogen-bond acceptors (Lipinski definition) is 6. The molecule has 206 valence electrons. The molecular formula is C27H36F2N6O3. The van der Waals surface area contributed by atoms with Gasteiger partial charge in [0.25, 0.3) is 0 Å². The molecule has 3 heterocycles. The van der Waals surface area contributed by atoms with E-state index >= 15 is 8.78 Å². The van der Waals surface area contributed by atoms with Crippen molar-refractivity contribution >= 4 is 30.0 Å². The molecule has 2 amide bonds. The first-order chi connectivity index (χ1) is 18.2. The number of urea groups is 1. The van der Waals surface area contributed by atoms with Gasteiger partial charge in [-0.05, 0) is 31.8 Å². The van der Waals surface area contributed by atoms with Crippen LogP contribution in [0.1, 0.15) is 25.1 Å². The Labute approximate surface area is 222 Å². The van der Waals surface area contributed by atoms with Crippen LogP contribution in [-0.2, 0) is 6.42 Å². The monoisotopic (exact) mass is 530 g/mol. The molecule has 38 heavy (non-hydrogen) atoms. The van der Waals surface area contributed by atoms with Crippen LogP contribution in [-0.4, -0.2) is 99.5 Å². The van der Waals surface area contributed by atoms with Crippen molar-refractivity contribution in [2.45, 2.75) is 20.3 Å². The Bertz CT molecular complexity index is 1210. The number of benzene rings is 1. The maximum absolute atomic E-state index is 15.2. The Morgan fingerprint density at radius 1 is 1.05 bits per heavy atom. The summed E-state index contributed by atoms with van der Waals surface area (Å²) in [6.45, 7) is 13.9. The minimum Gasteiger partial charge on any atom is -0.493 e. The highest BCUT2D eigenvalue weighted by atomic mass is 19.1. The Balaban J connectivity index is 1.61. The fraction of sp³-hybridized carbons (Fsp3) is 0.481. The molecule has 0 bridgehead atoms. The summed E-state index contributed by atoms with van der Waals surface area (Å²) in [5.41, 5.74) is 2.56. The van der Waals surface area contributed by atoms with E-state index in [0.717, 1.165) is 73.5 Å². The third kappa shape index (κ3) is 5.12. The number of aromatic amines is 1. The Morgan fingerprint density at radius 3 is 2.21 bits per heavy atom. The van der Waals surface area contributed by atoms with Crippen LogP contribution >= 0.6 is 0 Å². The number of halogens is 2. The molecule has 1 fully saturated rings. The lowest BCUT2D eigenvalue weighted by atomic mass is 10.0. The van der Waals surface area contributed by atoms with E-state index in [4.69, 9.17) is 9.47 Å². The molecule has 0 radical (unpaired) electrons. The van der Waals surface area contributed by atoms with Crippen molar-refractivity contribution in [3.63, 3.8) is 0 Å². The van der Waals surface area contributed by atoms with E-state index in [0.29, 0.717) is 11.5 Å². The summed E-state index contributed by atoms with van der Waals surface area (Å²) in [5, 5.41) is 0. The molecule has 1 aromatic heterocycles. The second-order valence-electron chi connectivity index (χ2n) is 9.56. The third-order valence-electron chi connectivity index (χ3n) is 7.35. The average Bonchev–Trinajstić information content (AvgIpc) is 3.33. The van der Waals surface area contributed by atoms with Gasteiger partial charge in [0.2, 0.25) is 0 Å². The lowest BCUT2D eigenvalue weighted by Gasteiger charge is -2.36. The summed E-state index contributed by atoms with van der Waals surface area (Å²) in [5.74, 6) is -1.82. The van der Waals surface area contributed by atoms with Gasteiger partial charge in [-0.15, -0.1) is 0 Å². The standard InChI is InChI=1S/C27H36F2N6O3/c1-7-33-10-12-34(13-11-33)9-8-18-14-19(26(30-3)31-18)24-17(2)16-35(27(36)32(24)4)25-22(28)20(37-5)15-21(38-6)23(25)29/h14-15,31H,3,7-13,16H2,1-2,4-6H3. The number of likely N-dealkylation sites (N-methyl/N-ethyl adjacent to an activating group) is 1. The van der Waals surface area contributed by atoms with Crippen molar-refractivity contribution in [2.75, 3.05) is 72.0 Å². The van der Waals surface area contributed by atoms with Crippen molar-refractivity contribution in [1.29, 1.82) is 0 Å². The first kappa shape index (κ1) is 27.6. The predicted molar refractivity (Wildman–Crippen MR) is 145 cm³/mol. The van der Waals surface area contributed by atoms with Crippen molar-refractivity contribution in [3.05, 3.63) is 40.6 Å². The number of amides is 2. The number of H-pyrrole nitrogens is 1. The molecule has 0 spiro atoms. The number of ether oxygens (including phenoxy) is 2. The number of methoxy groups -OCH3 is 2. The van der Waals surface area contributed by atoms with E-state index in [1.807, 2.05) is 13.0 Å². The minimum absolute atomic E-state index is 0.0263. The van der Waals surface area contributed by atoms with E-state index in [2.05, 4.69) is 33.4 Å². The van der Waals surface area contributed by atoms with Crippen LogP contribution in [0, 0.1) is 11.6 Å². The van der Waals surface area contributed by atoms with Crippen molar-refractivity contribution < 1.29 is 23.0 Å². The van der Waals surface area contributed by atoms with Gasteiger partial charge in [-0.25, -0.2) is 18.6 Å². The van der Waals surface area contributed by atoms with Gasteiger partial charge in [-0.3, -0.25) is 9.80 Å². The molecule has 0 saturated carbocycles. The molecule has 1 aromatic carbocycles. The molecule has 1 N–H and O–H groups in total. The lowest BCUT2D eigenvalue weighted by Crippen LogP contribution is -2.46. The van der Waals surface area contributed by atoms with Crippen LogP contribution in [0.2, 0.25) is 0 Å². The first-order valence-electron chi connectivity index (χ1n) is 12.7. The van der Waals surface area contributed by atoms with Gasteiger partial charge in [0, 0.05) is 63.5 Å². The fourth-order valence-electron chi connectivity index (χ4n) is 5.18. The number of carbonyl (C=O) groups excluding carboxylic acids is 1. The smallest absolute Gasteiger partial charge is 0.329 e. The van der Waals surface area contributed by atoms with Gasteiger partial charge in [-0.2, -0.15) is 0 Å². The zero-order chi connectivity index (χ0) is 27.6. The maximum Gasteiger partial charge on any atom is 0.329 e. The summed E-state index contributed by atoms with van der Waals surface area (Å²) in [6, 6.07) is 2.51. The van der Waals surface area contributed by atoms with Crippen LogP contribution in [0.25, 0.3) is 5.70 Å². The highest BCUT2D eigenvalue weighted by Crippen LogP contribution is 2.41. The second kappa shape index (κ2) is 11.5. The zero-order valence-corrected chi connectivity index (χ0v) is 22.7. The van der Waals surface area contributed by atoms with Crippen LogP contribution in [0.15, 0.2) is 22.7 Å². The predicted octanol–water partition coefficient (Wildman–Crippen LogP) is 4.13. The molecular weight excluding hydrogens is 494 g/mol. The molecule has 0 aliphatic carbocycles. The van der Waals surface area contributed by atoms with Crippen LogP contribution in [0.3, 0.4) is 0 Å². The lowest BCUT2D eigenvalue weighted by molar-refractivity contribution is 0.138. The number of piperazine rings is 1. The van der Waals surface area contributed by atoms with Gasteiger partial charge >= 0.3 is 6.03 Å². The number of rotatable bonds is 9. The molecule has 0 atom stereocenters. The van der Waals surface area contributed by atoms with Crippen LogP contribution in [0.5, 0.6) is 11.5 Å². The molecule has 1 saturated heterocycles. The van der Waals surface area contributed by atoms with E-state index in [1.165, 1.54) is 19.1 Å². The normalized spacial score (nSPS) is 17.4. The average molecular weight is 531 g/mol. The number of aromatic nitrogens is 1. The highest BCUT2D eigenvalue weighted by Gasteiger charge is 2.36. The van der Waals surface area contributed by atoms with Gasteiger partial charge in [0.15, 0.2) is 23.1 Å². The summed E-state index contributed by atoms with van der Waals surface area (Å²) >= 11 is 0. The molecule has 9 nitrogen and oxygen atoms in total. The van der Waals surface area contributed by atoms with Crippen molar-refractivity contribution in [1.82, 2.24) is 19.7 Å². The first-order valence-corrected chi connectivity index (χ1v) is 12.7. The summed E-state index contributed by atoms with van der Waals surface area (Å²) in [6.07, 6.45) is 0.796. The third-order valence-corrected chi connectivity index (χ3v) is 7.35. The number of aliphatic imine (C=N–C) groups is 1. The molecule has 2 aromatic rings. The van der Waals surface area contributed by atoms with E-state index in [-0.39, 0.29) is 18.0 Å². The highest BCUT2D eigenvalue weighted by molar-refractivity contribution is 6.02. The van der Waals surface area contributed by atoms with Gasteiger partial charge < -0.3 is 24.3 Å². The molecule has 2 aliphatic rings. The zero-order valence-electron chi connectivity index (χ0n) is 22.7. The van der Waals surface area contributed by atoms with Gasteiger partial charge in [0.05, 0.1) is 26.5 Å². The number of nitrogens with one attached hydrogen (secondary N) is 1. The molecule has 2 aliphatic heterocycles. The maximum atomic E-state index is 15.2. The molecule has 11 heteroatoms. The molecule has 0 unspecified atom stereocenters. The topological polar surface area (TPSA) is 76.6 Å². The summed E-state index contributed by atoms with van der Waals surface area (Å²) < 4.78 is 40.5.